The molecule has 1 N–H and O–H groups in total. The zero-order valence-electron chi connectivity index (χ0n) is 28.1. The molecule has 2 aromatic carbocycles. The van der Waals surface area contributed by atoms with Gasteiger partial charge >= 0.3 is 6.09 Å². The van der Waals surface area contributed by atoms with Gasteiger partial charge in [-0.15, -0.1) is 0 Å². The van der Waals surface area contributed by atoms with Crippen molar-refractivity contribution in [1.29, 1.82) is 0 Å². The van der Waals surface area contributed by atoms with E-state index in [0.29, 0.717) is 19.9 Å². The Morgan fingerprint density at radius 3 is 2.33 bits per heavy atom. The second kappa shape index (κ2) is 12.7. The Bertz CT molecular complexity index is 1660. The molecule has 0 saturated carbocycles. The Kier molecular flexibility index (Phi) is 9.31. The van der Waals surface area contributed by atoms with E-state index in [4.69, 9.17) is 19.1 Å². The molecule has 0 radical (unpaired) electrons. The number of nitrogens with zero attached hydrogens (tertiary/aromatic N) is 4. The maximum Gasteiger partial charge on any atom is 0.407 e. The van der Waals surface area contributed by atoms with Crippen molar-refractivity contribution in [2.45, 2.75) is 90.2 Å². The summed E-state index contributed by atoms with van der Waals surface area (Å²) in [5, 5.41) is 12.2. The van der Waals surface area contributed by atoms with Crippen molar-refractivity contribution in [2.75, 3.05) is 13.2 Å². The van der Waals surface area contributed by atoms with Gasteiger partial charge in [-0.25, -0.2) is 9.78 Å². The largest absolute Gasteiger partial charge is 0.543 e. The summed E-state index contributed by atoms with van der Waals surface area (Å²) in [6, 6.07) is 17.6. The highest BCUT2D eigenvalue weighted by molar-refractivity contribution is 6.76. The fourth-order valence-electron chi connectivity index (χ4n) is 5.43. The van der Waals surface area contributed by atoms with Gasteiger partial charge in [-0.2, -0.15) is 0 Å². The molecule has 1 aliphatic rings. The van der Waals surface area contributed by atoms with Crippen LogP contribution in [0.15, 0.2) is 60.9 Å². The van der Waals surface area contributed by atoms with Gasteiger partial charge in [-0.05, 0) is 78.1 Å². The average Bonchev–Trinajstić information content (AvgIpc) is 3.61. The maximum atomic E-state index is 12.0. The molecular formula is C35H48N4O4Si2. The normalized spacial score (nSPS) is 16.0. The lowest BCUT2D eigenvalue weighted by Crippen LogP contribution is -2.43. The molecule has 0 unspecified atom stereocenters. The number of pyridine rings is 1. The molecule has 4 aromatic rings. The average molecular weight is 645 g/mol. The highest BCUT2D eigenvalue weighted by Crippen LogP contribution is 2.38. The van der Waals surface area contributed by atoms with Gasteiger partial charge in [-0.3, -0.25) is 9.88 Å². The van der Waals surface area contributed by atoms with E-state index in [-0.39, 0.29) is 11.1 Å². The lowest BCUT2D eigenvalue weighted by Gasteiger charge is -2.36. The third-order valence-electron chi connectivity index (χ3n) is 9.25. The zero-order chi connectivity index (χ0) is 32.6. The molecule has 8 nitrogen and oxygen atoms in total. The number of fused-ring (bicyclic) bond motifs is 1. The summed E-state index contributed by atoms with van der Waals surface area (Å²) in [6.07, 6.45) is 4.36. The second-order valence-corrected chi connectivity index (χ2v) is 25.3. The molecule has 0 aliphatic carbocycles. The maximum absolute atomic E-state index is 12.0. The minimum atomic E-state index is -1.92. The van der Waals surface area contributed by atoms with Crippen molar-refractivity contribution in [1.82, 2.24) is 19.4 Å². The topological polar surface area (TPSA) is 89.7 Å². The molecule has 5 rings (SSSR count). The summed E-state index contributed by atoms with van der Waals surface area (Å²) < 4.78 is 14.7. The van der Waals surface area contributed by atoms with E-state index < -0.39 is 22.5 Å². The molecule has 0 bridgehead atoms. The molecule has 1 saturated heterocycles. The van der Waals surface area contributed by atoms with Crippen molar-refractivity contribution >= 4 is 33.3 Å². The molecule has 2 aromatic heterocycles. The van der Waals surface area contributed by atoms with E-state index in [1.165, 1.54) is 4.90 Å². The molecule has 1 fully saturated rings. The van der Waals surface area contributed by atoms with E-state index in [2.05, 4.69) is 96.0 Å². The highest BCUT2D eigenvalue weighted by Gasteiger charge is 2.39. The fraction of sp³-hybridized carbons (Fsp3) is 0.457. The Morgan fingerprint density at radius 1 is 0.956 bits per heavy atom. The van der Waals surface area contributed by atoms with Gasteiger partial charge in [0.2, 0.25) is 8.32 Å². The number of carboxylic acid groups (broad SMARTS) is 1. The summed E-state index contributed by atoms with van der Waals surface area (Å²) in [5.41, 5.74) is 3.72. The van der Waals surface area contributed by atoms with Crippen LogP contribution in [0.2, 0.25) is 43.8 Å². The number of benzene rings is 2. The van der Waals surface area contributed by atoms with Crippen LogP contribution in [-0.4, -0.2) is 60.2 Å². The minimum Gasteiger partial charge on any atom is -0.543 e. The van der Waals surface area contributed by atoms with Gasteiger partial charge in [-0.1, -0.05) is 58.6 Å². The van der Waals surface area contributed by atoms with Gasteiger partial charge in [0.05, 0.1) is 23.6 Å². The Hall–Kier alpha value is -3.48. The highest BCUT2D eigenvalue weighted by atomic mass is 28.4. The number of imidazole rings is 1. The number of likely N-dealkylation sites (tertiary alicyclic amines) is 1. The summed E-state index contributed by atoms with van der Waals surface area (Å²) in [7, 11) is -3.17. The first-order valence-electron chi connectivity index (χ1n) is 16.0. The fourth-order valence-corrected chi connectivity index (χ4v) is 7.21. The number of hydrogen-bond acceptors (Lipinski definition) is 5. The molecule has 3 heterocycles. The van der Waals surface area contributed by atoms with Crippen LogP contribution in [0.5, 0.6) is 5.75 Å². The number of carbonyl (C=O) groups is 1. The molecule has 0 spiro atoms. The number of rotatable bonds is 10. The van der Waals surface area contributed by atoms with Crippen LogP contribution in [0.3, 0.4) is 0 Å². The summed E-state index contributed by atoms with van der Waals surface area (Å²) in [5.74, 6) is 1.65. The molecule has 10 heteroatoms. The standard InChI is InChI=1S/C35H48N4O4Si2/c1-35(2,3)45(7,8)43-29-15-13-25-20-27(12-11-26(25)21-29)30-16-14-28(22-36-30)32-23-37-33(31-10-9-17-38(31)34(40)41)39(32)24-42-18-19-44(4,5)6/h11-16,20-23,31H,9-10,17-19,24H2,1-8H3,(H,40,41)/t31-/m0/s1. The third-order valence-corrected chi connectivity index (χ3v) is 15.3. The lowest BCUT2D eigenvalue weighted by atomic mass is 10.0. The first-order chi connectivity index (χ1) is 21.1. The molecule has 1 aliphatic heterocycles. The van der Waals surface area contributed by atoms with Crippen molar-refractivity contribution in [3.05, 3.63) is 66.7 Å². The predicted molar refractivity (Wildman–Crippen MR) is 187 cm³/mol. The van der Waals surface area contributed by atoms with Gasteiger partial charge < -0.3 is 18.8 Å². The quantitative estimate of drug-likeness (QED) is 0.137. The van der Waals surface area contributed by atoms with Crippen molar-refractivity contribution in [3.63, 3.8) is 0 Å². The van der Waals surface area contributed by atoms with E-state index in [1.807, 2.05) is 23.0 Å². The van der Waals surface area contributed by atoms with Gasteiger partial charge in [0.15, 0.2) is 0 Å². The monoisotopic (exact) mass is 644 g/mol. The third kappa shape index (κ3) is 7.50. The van der Waals surface area contributed by atoms with Crippen molar-refractivity contribution in [3.8, 4) is 28.3 Å². The number of amides is 1. The lowest BCUT2D eigenvalue weighted by molar-refractivity contribution is 0.0815. The van der Waals surface area contributed by atoms with Gasteiger partial charge in [0.1, 0.15) is 18.3 Å². The molecular weight excluding hydrogens is 597 g/mol. The number of ether oxygens (including phenoxy) is 1. The first kappa shape index (κ1) is 32.9. The second-order valence-electron chi connectivity index (χ2n) is 14.9. The van der Waals surface area contributed by atoms with Crippen LogP contribution >= 0.6 is 0 Å². The van der Waals surface area contributed by atoms with E-state index >= 15 is 0 Å². The molecule has 240 valence electrons. The van der Waals surface area contributed by atoms with Crippen LogP contribution in [-0.2, 0) is 11.5 Å². The molecule has 1 amide bonds. The van der Waals surface area contributed by atoms with Crippen LogP contribution in [0.1, 0.15) is 45.5 Å². The van der Waals surface area contributed by atoms with Crippen LogP contribution in [0, 0.1) is 0 Å². The predicted octanol–water partition coefficient (Wildman–Crippen LogP) is 9.28. The summed E-state index contributed by atoms with van der Waals surface area (Å²) in [6.45, 7) is 19.8. The van der Waals surface area contributed by atoms with Crippen LogP contribution < -0.4 is 4.43 Å². The Balaban J connectivity index is 1.39. The van der Waals surface area contributed by atoms with E-state index in [1.54, 1.807) is 0 Å². The molecule has 1 atom stereocenters. The SMILES string of the molecule is CC(C)(C)[Si](C)(C)Oc1ccc2cc(-c3ccc(-c4cnc([C@@H]5CCCN5C(=O)O)n4COCC[Si](C)(C)C)cn3)ccc2c1. The molecule has 45 heavy (non-hydrogen) atoms. The van der Waals surface area contributed by atoms with Crippen molar-refractivity contribution in [2.24, 2.45) is 0 Å². The van der Waals surface area contributed by atoms with Crippen LogP contribution in [0.25, 0.3) is 33.3 Å². The van der Waals surface area contributed by atoms with Gasteiger partial charge in [0, 0.05) is 38.5 Å². The Morgan fingerprint density at radius 2 is 1.67 bits per heavy atom. The van der Waals surface area contributed by atoms with Gasteiger partial charge in [0.25, 0.3) is 0 Å². The zero-order valence-corrected chi connectivity index (χ0v) is 30.1. The van der Waals surface area contributed by atoms with Crippen molar-refractivity contribution < 1.29 is 19.1 Å². The summed E-state index contributed by atoms with van der Waals surface area (Å²) in [4.78, 5) is 23.0. The van der Waals surface area contributed by atoms with Crippen LogP contribution in [0.4, 0.5) is 4.79 Å². The summed E-state index contributed by atoms with van der Waals surface area (Å²) >= 11 is 0. The van der Waals surface area contributed by atoms with E-state index in [0.717, 1.165) is 63.7 Å². The number of hydrogen-bond donors (Lipinski definition) is 1. The number of aromatic nitrogens is 3. The smallest absolute Gasteiger partial charge is 0.407 e. The minimum absolute atomic E-state index is 0.138. The van der Waals surface area contributed by atoms with E-state index in [9.17, 15) is 9.90 Å². The Labute approximate surface area is 269 Å². The first-order valence-corrected chi connectivity index (χ1v) is 22.6.